The van der Waals surface area contributed by atoms with Crippen molar-refractivity contribution >= 4 is 28.6 Å². The second kappa shape index (κ2) is 9.09. The number of esters is 1. The average Bonchev–Trinajstić information content (AvgIpc) is 3.19. The maximum Gasteiger partial charge on any atom is 0.338 e. The van der Waals surface area contributed by atoms with Crippen molar-refractivity contribution in [3.8, 4) is 0 Å². The molecule has 0 radical (unpaired) electrons. The molecule has 0 aliphatic carbocycles. The molecule has 0 saturated carbocycles. The van der Waals surface area contributed by atoms with Gasteiger partial charge in [0.2, 0.25) is 5.91 Å². The Kier molecular flexibility index (Phi) is 6.09. The zero-order chi connectivity index (χ0) is 20.9. The van der Waals surface area contributed by atoms with Gasteiger partial charge in [0, 0.05) is 11.6 Å². The van der Waals surface area contributed by atoms with Crippen LogP contribution in [0.1, 0.15) is 41.9 Å². The maximum atomic E-state index is 12.4. The summed E-state index contributed by atoms with van der Waals surface area (Å²) in [5.74, 6) is 1.03. The summed E-state index contributed by atoms with van der Waals surface area (Å²) in [6, 6.07) is 14.8. The fourth-order valence-corrected chi connectivity index (χ4v) is 3.84. The van der Waals surface area contributed by atoms with E-state index in [1.54, 1.807) is 31.2 Å². The Balaban J connectivity index is 1.26. The summed E-state index contributed by atoms with van der Waals surface area (Å²) in [7, 11) is 0. The summed E-state index contributed by atoms with van der Waals surface area (Å²) in [4.78, 5) is 34.4. The number of H-pyrrole nitrogens is 1. The first kappa shape index (κ1) is 20.1. The summed E-state index contributed by atoms with van der Waals surface area (Å²) in [6.45, 7) is 4.18. The van der Waals surface area contributed by atoms with E-state index in [2.05, 4.69) is 15.2 Å². The summed E-state index contributed by atoms with van der Waals surface area (Å²) in [6.07, 6.45) is 1.95. The van der Waals surface area contributed by atoms with Gasteiger partial charge < -0.3 is 15.0 Å². The zero-order valence-electron chi connectivity index (χ0n) is 17.1. The molecule has 2 heterocycles. The lowest BCUT2D eigenvalue weighted by molar-refractivity contribution is -0.117. The van der Waals surface area contributed by atoms with Crippen LogP contribution in [0.3, 0.4) is 0 Å². The standard InChI is InChI=1S/C23H26N4O3/c1-2-30-23(29)17-7-9-18(10-8-17)24-21(28)15-27-13-11-16(12-14-27)22-25-19-5-3-4-6-20(19)26-22/h3-10,16H,2,11-15H2,1H3,(H,24,28)(H,25,26). The van der Waals surface area contributed by atoms with Gasteiger partial charge in [0.25, 0.3) is 0 Å². The van der Waals surface area contributed by atoms with Gasteiger partial charge in [-0.05, 0) is 69.3 Å². The number of rotatable bonds is 6. The van der Waals surface area contributed by atoms with Crippen LogP contribution in [0.5, 0.6) is 0 Å². The number of carbonyl (C=O) groups is 2. The number of aromatic nitrogens is 2. The molecule has 0 unspecified atom stereocenters. The normalized spacial score (nSPS) is 15.2. The molecular formula is C23H26N4O3. The summed E-state index contributed by atoms with van der Waals surface area (Å²) in [5.41, 5.74) is 3.22. The predicted molar refractivity (Wildman–Crippen MR) is 116 cm³/mol. The van der Waals surface area contributed by atoms with E-state index in [1.165, 1.54) is 0 Å². The number of nitrogens with one attached hydrogen (secondary N) is 2. The molecule has 156 valence electrons. The van der Waals surface area contributed by atoms with Gasteiger partial charge in [0.1, 0.15) is 5.82 Å². The molecule has 0 atom stereocenters. The van der Waals surface area contributed by atoms with Crippen LogP contribution in [0.15, 0.2) is 48.5 Å². The lowest BCUT2D eigenvalue weighted by Crippen LogP contribution is -2.38. The van der Waals surface area contributed by atoms with Crippen LogP contribution in [0.25, 0.3) is 11.0 Å². The molecule has 7 nitrogen and oxygen atoms in total. The van der Waals surface area contributed by atoms with E-state index in [0.29, 0.717) is 30.3 Å². The van der Waals surface area contributed by atoms with E-state index < -0.39 is 0 Å². The average molecular weight is 406 g/mol. The Morgan fingerprint density at radius 2 is 1.87 bits per heavy atom. The number of nitrogens with zero attached hydrogens (tertiary/aromatic N) is 2. The highest BCUT2D eigenvalue weighted by molar-refractivity contribution is 5.94. The van der Waals surface area contributed by atoms with Crippen LogP contribution < -0.4 is 5.32 Å². The molecule has 0 bridgehead atoms. The molecule has 1 aliphatic rings. The van der Waals surface area contributed by atoms with Gasteiger partial charge >= 0.3 is 5.97 Å². The van der Waals surface area contributed by atoms with Gasteiger partial charge in [0.15, 0.2) is 0 Å². The molecule has 3 aromatic rings. The molecule has 1 saturated heterocycles. The van der Waals surface area contributed by atoms with E-state index in [1.807, 2.05) is 24.3 Å². The number of anilines is 1. The van der Waals surface area contributed by atoms with E-state index in [4.69, 9.17) is 9.72 Å². The number of aromatic amines is 1. The van der Waals surface area contributed by atoms with E-state index in [9.17, 15) is 9.59 Å². The minimum atomic E-state index is -0.359. The van der Waals surface area contributed by atoms with Gasteiger partial charge in [-0.25, -0.2) is 9.78 Å². The van der Waals surface area contributed by atoms with Crippen molar-refractivity contribution < 1.29 is 14.3 Å². The molecule has 4 rings (SSSR count). The van der Waals surface area contributed by atoms with Crippen LogP contribution in [0.4, 0.5) is 5.69 Å². The number of hydrogen-bond donors (Lipinski definition) is 2. The number of amides is 1. The third-order valence-corrected chi connectivity index (χ3v) is 5.43. The van der Waals surface area contributed by atoms with Gasteiger partial charge in [-0.2, -0.15) is 0 Å². The first-order valence-electron chi connectivity index (χ1n) is 10.4. The number of hydrogen-bond acceptors (Lipinski definition) is 5. The first-order valence-corrected chi connectivity index (χ1v) is 10.4. The molecule has 1 aromatic heterocycles. The lowest BCUT2D eigenvalue weighted by atomic mass is 9.96. The molecule has 30 heavy (non-hydrogen) atoms. The van der Waals surface area contributed by atoms with Crippen molar-refractivity contribution in [1.82, 2.24) is 14.9 Å². The number of ether oxygens (including phenoxy) is 1. The number of likely N-dealkylation sites (tertiary alicyclic amines) is 1. The van der Waals surface area contributed by atoms with E-state index in [0.717, 1.165) is 42.8 Å². The first-order chi connectivity index (χ1) is 14.6. The van der Waals surface area contributed by atoms with Crippen molar-refractivity contribution in [2.24, 2.45) is 0 Å². The largest absolute Gasteiger partial charge is 0.462 e. The third-order valence-electron chi connectivity index (χ3n) is 5.43. The van der Waals surface area contributed by atoms with Crippen LogP contribution in [-0.4, -0.2) is 53.0 Å². The quantitative estimate of drug-likeness (QED) is 0.611. The number of benzene rings is 2. The molecule has 2 N–H and O–H groups in total. The highest BCUT2D eigenvalue weighted by atomic mass is 16.5. The summed E-state index contributed by atoms with van der Waals surface area (Å²) in [5, 5.41) is 2.90. The Labute approximate surface area is 175 Å². The monoisotopic (exact) mass is 406 g/mol. The van der Waals surface area contributed by atoms with E-state index in [-0.39, 0.29) is 11.9 Å². The highest BCUT2D eigenvalue weighted by Gasteiger charge is 2.24. The predicted octanol–water partition coefficient (Wildman–Crippen LogP) is 3.56. The number of fused-ring (bicyclic) bond motifs is 1. The topological polar surface area (TPSA) is 87.3 Å². The second-order valence-corrected chi connectivity index (χ2v) is 7.54. The fraction of sp³-hybridized carbons (Fsp3) is 0.348. The smallest absolute Gasteiger partial charge is 0.338 e. The van der Waals surface area contributed by atoms with E-state index >= 15 is 0 Å². The molecule has 1 amide bonds. The van der Waals surface area contributed by atoms with Crippen molar-refractivity contribution in [2.75, 3.05) is 31.6 Å². The lowest BCUT2D eigenvalue weighted by Gasteiger charge is -2.30. The van der Waals surface area contributed by atoms with Crippen molar-refractivity contribution in [3.05, 3.63) is 59.9 Å². The molecule has 2 aromatic carbocycles. The van der Waals surface area contributed by atoms with Crippen LogP contribution in [-0.2, 0) is 9.53 Å². The van der Waals surface area contributed by atoms with Crippen LogP contribution >= 0.6 is 0 Å². The number of para-hydroxylation sites is 2. The van der Waals surface area contributed by atoms with Gasteiger partial charge in [-0.1, -0.05) is 12.1 Å². The van der Waals surface area contributed by atoms with Crippen LogP contribution in [0, 0.1) is 0 Å². The van der Waals surface area contributed by atoms with Crippen molar-refractivity contribution in [1.29, 1.82) is 0 Å². The number of piperidine rings is 1. The highest BCUT2D eigenvalue weighted by Crippen LogP contribution is 2.27. The Bertz CT molecular complexity index is 987. The maximum absolute atomic E-state index is 12.4. The van der Waals surface area contributed by atoms with Gasteiger partial charge in [-0.15, -0.1) is 0 Å². The molecule has 1 aliphatic heterocycles. The summed E-state index contributed by atoms with van der Waals surface area (Å²) < 4.78 is 4.97. The number of imidazole rings is 1. The zero-order valence-corrected chi connectivity index (χ0v) is 17.1. The Hall–Kier alpha value is -3.19. The summed E-state index contributed by atoms with van der Waals surface area (Å²) >= 11 is 0. The number of carbonyl (C=O) groups excluding carboxylic acids is 2. The molecule has 0 spiro atoms. The van der Waals surface area contributed by atoms with Crippen LogP contribution in [0.2, 0.25) is 0 Å². The van der Waals surface area contributed by atoms with Gasteiger partial charge in [0.05, 0.1) is 29.7 Å². The third kappa shape index (κ3) is 4.68. The minimum absolute atomic E-state index is 0.0546. The SMILES string of the molecule is CCOC(=O)c1ccc(NC(=O)CN2CCC(c3nc4ccccc4[nH]3)CC2)cc1. The van der Waals surface area contributed by atoms with Crippen molar-refractivity contribution in [3.63, 3.8) is 0 Å². The fourth-order valence-electron chi connectivity index (χ4n) is 3.84. The van der Waals surface area contributed by atoms with Crippen molar-refractivity contribution in [2.45, 2.75) is 25.7 Å². The molecular weight excluding hydrogens is 380 g/mol. The molecule has 1 fully saturated rings. The van der Waals surface area contributed by atoms with Gasteiger partial charge in [-0.3, -0.25) is 9.69 Å². The Morgan fingerprint density at radius 1 is 1.13 bits per heavy atom. The second-order valence-electron chi connectivity index (χ2n) is 7.54. The molecule has 7 heteroatoms. The minimum Gasteiger partial charge on any atom is -0.462 e. The Morgan fingerprint density at radius 3 is 2.57 bits per heavy atom.